The van der Waals surface area contributed by atoms with E-state index in [2.05, 4.69) is 16.6 Å². The second kappa shape index (κ2) is 10.7. The van der Waals surface area contributed by atoms with Crippen molar-refractivity contribution >= 4 is 23.6 Å². The standard InChI is InChI=1S/C26H31N3O4/c1-8-19-14-10-11-15-20(19)22(23(30)28-21-16-12-9-13-17(21)2)29(7)24(31)18(3)27-25(32)33-26(4,5)6/h1,9-16,18,22H,2-7H3,(H,27,32)(H,28,30). The Hall–Kier alpha value is -3.79. The van der Waals surface area contributed by atoms with Crippen LogP contribution in [0.3, 0.4) is 0 Å². The van der Waals surface area contributed by atoms with Crippen LogP contribution in [0.15, 0.2) is 48.5 Å². The first-order valence-electron chi connectivity index (χ1n) is 10.6. The van der Waals surface area contributed by atoms with Crippen molar-refractivity contribution < 1.29 is 19.1 Å². The van der Waals surface area contributed by atoms with Crippen LogP contribution in [-0.2, 0) is 14.3 Å². The number of hydrogen-bond donors (Lipinski definition) is 2. The van der Waals surface area contributed by atoms with Gasteiger partial charge < -0.3 is 20.3 Å². The fourth-order valence-electron chi connectivity index (χ4n) is 3.29. The van der Waals surface area contributed by atoms with Crippen molar-refractivity contribution in [1.29, 1.82) is 0 Å². The lowest BCUT2D eigenvalue weighted by atomic mass is 9.98. The number of alkyl carbamates (subject to hydrolysis) is 1. The van der Waals surface area contributed by atoms with Gasteiger partial charge in [-0.1, -0.05) is 42.3 Å². The van der Waals surface area contributed by atoms with Crippen molar-refractivity contribution in [3.8, 4) is 12.3 Å². The van der Waals surface area contributed by atoms with E-state index in [9.17, 15) is 14.4 Å². The van der Waals surface area contributed by atoms with Gasteiger partial charge in [-0.25, -0.2) is 4.79 Å². The number of ether oxygens (including phenoxy) is 1. The molecule has 0 aliphatic carbocycles. The lowest BCUT2D eigenvalue weighted by molar-refractivity contribution is -0.138. The lowest BCUT2D eigenvalue weighted by Gasteiger charge is -2.31. The summed E-state index contributed by atoms with van der Waals surface area (Å²) in [5, 5.41) is 5.42. The third-order valence-corrected chi connectivity index (χ3v) is 4.90. The Bertz CT molecular complexity index is 1070. The summed E-state index contributed by atoms with van der Waals surface area (Å²) >= 11 is 0. The summed E-state index contributed by atoms with van der Waals surface area (Å²) in [6, 6.07) is 12.3. The molecule has 0 saturated carbocycles. The zero-order valence-corrected chi connectivity index (χ0v) is 19.9. The summed E-state index contributed by atoms with van der Waals surface area (Å²) in [5.41, 5.74) is 1.80. The van der Waals surface area contributed by atoms with Crippen LogP contribution in [0.25, 0.3) is 0 Å². The van der Waals surface area contributed by atoms with E-state index in [-0.39, 0.29) is 0 Å². The molecular weight excluding hydrogens is 418 g/mol. The molecule has 33 heavy (non-hydrogen) atoms. The van der Waals surface area contributed by atoms with Crippen LogP contribution in [0, 0.1) is 19.3 Å². The molecule has 0 saturated heterocycles. The highest BCUT2D eigenvalue weighted by Crippen LogP contribution is 2.26. The van der Waals surface area contributed by atoms with E-state index in [1.807, 2.05) is 25.1 Å². The summed E-state index contributed by atoms with van der Waals surface area (Å²) in [7, 11) is 1.50. The van der Waals surface area contributed by atoms with Crippen LogP contribution in [-0.4, -0.2) is 41.5 Å². The normalized spacial score (nSPS) is 12.6. The van der Waals surface area contributed by atoms with Gasteiger partial charge in [-0.15, -0.1) is 6.42 Å². The highest BCUT2D eigenvalue weighted by Gasteiger charge is 2.33. The number of hydrogen-bond acceptors (Lipinski definition) is 4. The molecule has 0 heterocycles. The fraction of sp³-hybridized carbons (Fsp3) is 0.346. The SMILES string of the molecule is C#Cc1ccccc1C(C(=O)Nc1ccccc1C)N(C)C(=O)C(C)NC(=O)OC(C)(C)C. The van der Waals surface area contributed by atoms with E-state index in [0.717, 1.165) is 5.56 Å². The maximum Gasteiger partial charge on any atom is 0.408 e. The number of benzene rings is 2. The molecule has 0 aliphatic heterocycles. The molecule has 7 nitrogen and oxygen atoms in total. The quantitative estimate of drug-likeness (QED) is 0.652. The third kappa shape index (κ3) is 6.84. The number of carbonyl (C=O) groups is 3. The first-order chi connectivity index (χ1) is 15.4. The Balaban J connectivity index is 2.35. The van der Waals surface area contributed by atoms with E-state index < -0.39 is 35.6 Å². The van der Waals surface area contributed by atoms with Crippen LogP contribution < -0.4 is 10.6 Å². The Labute approximate surface area is 195 Å². The highest BCUT2D eigenvalue weighted by atomic mass is 16.6. The number of nitrogens with zero attached hydrogens (tertiary/aromatic N) is 1. The number of nitrogens with one attached hydrogen (secondary N) is 2. The molecule has 2 atom stereocenters. The summed E-state index contributed by atoms with van der Waals surface area (Å²) in [4.78, 5) is 40.1. The average Bonchev–Trinajstić information content (AvgIpc) is 2.73. The molecule has 0 fully saturated rings. The van der Waals surface area contributed by atoms with Crippen LogP contribution in [0.5, 0.6) is 0 Å². The van der Waals surface area contributed by atoms with Gasteiger partial charge in [0.2, 0.25) is 5.91 Å². The third-order valence-electron chi connectivity index (χ3n) is 4.90. The summed E-state index contributed by atoms with van der Waals surface area (Å²) < 4.78 is 5.23. The second-order valence-electron chi connectivity index (χ2n) is 8.76. The summed E-state index contributed by atoms with van der Waals surface area (Å²) in [6.45, 7) is 8.60. The smallest absolute Gasteiger partial charge is 0.408 e. The van der Waals surface area contributed by atoms with Crippen molar-refractivity contribution in [3.05, 3.63) is 65.2 Å². The van der Waals surface area contributed by atoms with Crippen LogP contribution in [0.1, 0.15) is 50.4 Å². The lowest BCUT2D eigenvalue weighted by Crippen LogP contribution is -2.49. The van der Waals surface area contributed by atoms with Gasteiger partial charge in [0.1, 0.15) is 17.7 Å². The van der Waals surface area contributed by atoms with Crippen LogP contribution in [0.2, 0.25) is 0 Å². The Morgan fingerprint density at radius 1 is 1.06 bits per heavy atom. The average molecular weight is 450 g/mol. The second-order valence-corrected chi connectivity index (χ2v) is 8.76. The molecule has 0 aromatic heterocycles. The van der Waals surface area contributed by atoms with Gasteiger partial charge in [-0.05, 0) is 57.9 Å². The van der Waals surface area contributed by atoms with Crippen molar-refractivity contribution in [2.75, 3.05) is 12.4 Å². The maximum atomic E-state index is 13.4. The number of anilines is 1. The topological polar surface area (TPSA) is 87.7 Å². The van der Waals surface area contributed by atoms with Gasteiger partial charge in [0.15, 0.2) is 0 Å². The minimum absolute atomic E-state index is 0.424. The monoisotopic (exact) mass is 449 g/mol. The van der Waals surface area contributed by atoms with Crippen molar-refractivity contribution in [2.45, 2.75) is 52.3 Å². The van der Waals surface area contributed by atoms with E-state index in [0.29, 0.717) is 16.8 Å². The van der Waals surface area contributed by atoms with Gasteiger partial charge in [0.25, 0.3) is 5.91 Å². The molecule has 7 heteroatoms. The Morgan fingerprint density at radius 3 is 2.27 bits per heavy atom. The van der Waals surface area contributed by atoms with E-state index in [1.165, 1.54) is 18.9 Å². The first kappa shape index (κ1) is 25.5. The molecule has 0 bridgehead atoms. The molecule has 0 spiro atoms. The van der Waals surface area contributed by atoms with Gasteiger partial charge in [0, 0.05) is 18.3 Å². The van der Waals surface area contributed by atoms with E-state index in [4.69, 9.17) is 11.2 Å². The maximum absolute atomic E-state index is 13.4. The molecule has 2 aromatic rings. The van der Waals surface area contributed by atoms with Crippen molar-refractivity contribution in [3.63, 3.8) is 0 Å². The minimum Gasteiger partial charge on any atom is -0.444 e. The summed E-state index contributed by atoms with van der Waals surface area (Å²) in [5.74, 6) is 1.68. The van der Waals surface area contributed by atoms with Crippen LogP contribution >= 0.6 is 0 Å². The van der Waals surface area contributed by atoms with E-state index >= 15 is 0 Å². The zero-order chi connectivity index (χ0) is 24.8. The zero-order valence-electron chi connectivity index (χ0n) is 19.9. The predicted octanol–water partition coefficient (Wildman–Crippen LogP) is 4.03. The molecule has 2 unspecified atom stereocenters. The number of carbonyl (C=O) groups excluding carboxylic acids is 3. The highest BCUT2D eigenvalue weighted by molar-refractivity contribution is 5.99. The molecule has 174 valence electrons. The number of likely N-dealkylation sites (N-methyl/N-ethyl adjacent to an activating group) is 1. The van der Waals surface area contributed by atoms with Crippen LogP contribution in [0.4, 0.5) is 10.5 Å². The number of para-hydroxylation sites is 1. The molecule has 0 aliphatic rings. The van der Waals surface area contributed by atoms with Gasteiger partial charge in [-0.3, -0.25) is 9.59 Å². The molecule has 0 radical (unpaired) electrons. The number of terminal acetylenes is 1. The van der Waals surface area contributed by atoms with Crippen molar-refractivity contribution in [2.24, 2.45) is 0 Å². The number of aryl methyl sites for hydroxylation is 1. The molecule has 2 rings (SSSR count). The fourth-order valence-corrected chi connectivity index (χ4v) is 3.29. The van der Waals surface area contributed by atoms with Crippen molar-refractivity contribution in [1.82, 2.24) is 10.2 Å². The van der Waals surface area contributed by atoms with Gasteiger partial charge in [-0.2, -0.15) is 0 Å². The summed E-state index contributed by atoms with van der Waals surface area (Å²) in [6.07, 6.45) is 4.95. The molecule has 3 amide bonds. The number of rotatable bonds is 6. The molecule has 2 N–H and O–H groups in total. The molecule has 2 aromatic carbocycles. The van der Waals surface area contributed by atoms with Gasteiger partial charge >= 0.3 is 6.09 Å². The Kier molecular flexibility index (Phi) is 8.25. The van der Waals surface area contributed by atoms with E-state index in [1.54, 1.807) is 51.1 Å². The number of amides is 3. The predicted molar refractivity (Wildman–Crippen MR) is 129 cm³/mol. The minimum atomic E-state index is -1.02. The first-order valence-corrected chi connectivity index (χ1v) is 10.6. The Morgan fingerprint density at radius 2 is 1.67 bits per heavy atom. The largest absolute Gasteiger partial charge is 0.444 e. The van der Waals surface area contributed by atoms with Gasteiger partial charge in [0.05, 0.1) is 0 Å². The molecular formula is C26H31N3O4.